The molecule has 0 spiro atoms. The fourth-order valence-corrected chi connectivity index (χ4v) is 5.27. The lowest BCUT2D eigenvalue weighted by Gasteiger charge is -2.35. The predicted octanol–water partition coefficient (Wildman–Crippen LogP) is 2.40. The van der Waals surface area contributed by atoms with Crippen molar-refractivity contribution in [2.45, 2.75) is 13.0 Å². The summed E-state index contributed by atoms with van der Waals surface area (Å²) in [4.78, 5) is 41.5. The Morgan fingerprint density at radius 3 is 2.66 bits per heavy atom. The van der Waals surface area contributed by atoms with Gasteiger partial charge in [0.15, 0.2) is 5.13 Å². The van der Waals surface area contributed by atoms with E-state index < -0.39 is 0 Å². The van der Waals surface area contributed by atoms with Crippen LogP contribution in [0.1, 0.15) is 12.0 Å². The minimum absolute atomic E-state index is 0.0415. The van der Waals surface area contributed by atoms with Crippen LogP contribution in [-0.2, 0) is 16.1 Å². The highest BCUT2D eigenvalue weighted by molar-refractivity contribution is 7.21. The SMILES string of the molecule is COc1ccc(CN2CC(C(=O)N3CCN(c4nc5cccnc5s4)CC3)CC2=O)cc1. The number of aromatic nitrogens is 2. The highest BCUT2D eigenvalue weighted by atomic mass is 32.1. The number of amides is 2. The molecule has 32 heavy (non-hydrogen) atoms. The summed E-state index contributed by atoms with van der Waals surface area (Å²) >= 11 is 1.58. The summed E-state index contributed by atoms with van der Waals surface area (Å²) < 4.78 is 5.19. The second kappa shape index (κ2) is 8.74. The summed E-state index contributed by atoms with van der Waals surface area (Å²) in [5.41, 5.74) is 1.94. The first-order valence-corrected chi connectivity index (χ1v) is 11.6. The van der Waals surface area contributed by atoms with Gasteiger partial charge in [-0.15, -0.1) is 0 Å². The zero-order chi connectivity index (χ0) is 22.1. The summed E-state index contributed by atoms with van der Waals surface area (Å²) in [6.45, 7) is 3.76. The van der Waals surface area contributed by atoms with Crippen LogP contribution < -0.4 is 9.64 Å². The molecule has 1 aromatic carbocycles. The highest BCUT2D eigenvalue weighted by Gasteiger charge is 2.37. The maximum Gasteiger partial charge on any atom is 0.228 e. The van der Waals surface area contributed by atoms with Crippen LogP contribution in [0.2, 0.25) is 0 Å². The van der Waals surface area contributed by atoms with Crippen molar-refractivity contribution in [3.63, 3.8) is 0 Å². The Bertz CT molecular complexity index is 1090. The van der Waals surface area contributed by atoms with Crippen LogP contribution in [0.15, 0.2) is 42.6 Å². The van der Waals surface area contributed by atoms with E-state index in [1.807, 2.05) is 41.3 Å². The van der Waals surface area contributed by atoms with Gasteiger partial charge in [0.1, 0.15) is 16.1 Å². The first kappa shape index (κ1) is 20.7. The molecule has 1 unspecified atom stereocenters. The minimum atomic E-state index is -0.265. The van der Waals surface area contributed by atoms with E-state index in [1.54, 1.807) is 29.5 Å². The molecule has 0 aliphatic carbocycles. The third-order valence-electron chi connectivity index (χ3n) is 6.11. The first-order chi connectivity index (χ1) is 15.6. The Kier molecular flexibility index (Phi) is 5.65. The molecule has 0 N–H and O–H groups in total. The molecule has 2 aliphatic heterocycles. The average Bonchev–Trinajstić information content (AvgIpc) is 3.43. The zero-order valence-electron chi connectivity index (χ0n) is 17.9. The summed E-state index contributed by atoms with van der Waals surface area (Å²) in [6.07, 6.45) is 2.07. The molecule has 2 fully saturated rings. The third kappa shape index (κ3) is 4.12. The number of carbonyl (C=O) groups is 2. The Balaban J connectivity index is 1.16. The Hall–Kier alpha value is -3.20. The first-order valence-electron chi connectivity index (χ1n) is 10.8. The average molecular weight is 452 g/mol. The molecule has 9 heteroatoms. The van der Waals surface area contributed by atoms with Crippen molar-refractivity contribution in [3.8, 4) is 5.75 Å². The number of anilines is 1. The van der Waals surface area contributed by atoms with Gasteiger partial charge in [0, 0.05) is 51.9 Å². The van der Waals surface area contributed by atoms with Crippen LogP contribution >= 0.6 is 11.3 Å². The van der Waals surface area contributed by atoms with Gasteiger partial charge in [-0.3, -0.25) is 9.59 Å². The fraction of sp³-hybridized carbons (Fsp3) is 0.391. The highest BCUT2D eigenvalue weighted by Crippen LogP contribution is 2.28. The van der Waals surface area contributed by atoms with Crippen molar-refractivity contribution in [3.05, 3.63) is 48.2 Å². The molecule has 166 valence electrons. The number of fused-ring (bicyclic) bond motifs is 1. The molecule has 8 nitrogen and oxygen atoms in total. The van der Waals surface area contributed by atoms with Crippen LogP contribution in [0, 0.1) is 5.92 Å². The number of nitrogens with zero attached hydrogens (tertiary/aromatic N) is 5. The standard InChI is InChI=1S/C23H25N5O3S/c1-31-18-6-4-16(5-7-18)14-28-15-17(13-20(28)29)22(30)26-9-11-27(12-10-26)23-25-19-3-2-8-24-21(19)32-23/h2-8,17H,9-15H2,1H3. The van der Waals surface area contributed by atoms with Crippen molar-refractivity contribution < 1.29 is 14.3 Å². The van der Waals surface area contributed by atoms with E-state index in [0.29, 0.717) is 32.6 Å². The van der Waals surface area contributed by atoms with Gasteiger partial charge in [-0.2, -0.15) is 0 Å². The number of hydrogen-bond acceptors (Lipinski definition) is 7. The van der Waals surface area contributed by atoms with E-state index in [9.17, 15) is 9.59 Å². The number of likely N-dealkylation sites (tertiary alicyclic amines) is 1. The second-order valence-corrected chi connectivity index (χ2v) is 9.12. The Labute approximate surface area is 190 Å². The number of benzene rings is 1. The fourth-order valence-electron chi connectivity index (χ4n) is 4.31. The van der Waals surface area contributed by atoms with Gasteiger partial charge < -0.3 is 19.4 Å². The molecule has 2 saturated heterocycles. The topological polar surface area (TPSA) is 78.9 Å². The lowest BCUT2D eigenvalue weighted by molar-refractivity contribution is -0.136. The normalized spacial score (nSPS) is 19.1. The van der Waals surface area contributed by atoms with Gasteiger partial charge in [-0.25, -0.2) is 9.97 Å². The molecule has 4 heterocycles. The largest absolute Gasteiger partial charge is 0.497 e. The number of methoxy groups -OCH3 is 1. The van der Waals surface area contributed by atoms with Gasteiger partial charge in [-0.1, -0.05) is 23.5 Å². The summed E-state index contributed by atoms with van der Waals surface area (Å²) in [5.74, 6) is 0.649. The number of thiazole rings is 1. The monoisotopic (exact) mass is 451 g/mol. The summed E-state index contributed by atoms with van der Waals surface area (Å²) in [5, 5.41) is 0.951. The van der Waals surface area contributed by atoms with Gasteiger partial charge in [0.2, 0.25) is 11.8 Å². The van der Waals surface area contributed by atoms with Crippen LogP contribution in [-0.4, -0.2) is 71.4 Å². The molecular weight excluding hydrogens is 426 g/mol. The number of ether oxygens (including phenoxy) is 1. The molecule has 2 amide bonds. The van der Waals surface area contributed by atoms with Crippen molar-refractivity contribution in [1.29, 1.82) is 0 Å². The quantitative estimate of drug-likeness (QED) is 0.593. The third-order valence-corrected chi connectivity index (χ3v) is 7.15. The molecular formula is C23H25N5O3S. The zero-order valence-corrected chi connectivity index (χ0v) is 18.8. The van der Waals surface area contributed by atoms with Crippen LogP contribution in [0.25, 0.3) is 10.3 Å². The van der Waals surface area contributed by atoms with E-state index in [2.05, 4.69) is 14.9 Å². The number of pyridine rings is 1. The van der Waals surface area contributed by atoms with E-state index in [0.717, 1.165) is 39.9 Å². The summed E-state index contributed by atoms with van der Waals surface area (Å²) in [6, 6.07) is 11.6. The van der Waals surface area contributed by atoms with Crippen LogP contribution in [0.3, 0.4) is 0 Å². The lowest BCUT2D eigenvalue weighted by atomic mass is 10.1. The van der Waals surface area contributed by atoms with Gasteiger partial charge in [-0.05, 0) is 29.8 Å². The van der Waals surface area contributed by atoms with Crippen molar-refractivity contribution in [1.82, 2.24) is 19.8 Å². The molecule has 3 aromatic rings. The number of hydrogen-bond donors (Lipinski definition) is 0. The van der Waals surface area contributed by atoms with Crippen molar-refractivity contribution >= 4 is 38.6 Å². The van der Waals surface area contributed by atoms with Gasteiger partial charge in [0.25, 0.3) is 0 Å². The molecule has 0 radical (unpaired) electrons. The molecule has 0 bridgehead atoms. The number of piperazine rings is 1. The Morgan fingerprint density at radius 1 is 1.16 bits per heavy atom. The van der Waals surface area contributed by atoms with Gasteiger partial charge >= 0.3 is 0 Å². The molecule has 0 saturated carbocycles. The molecule has 2 aromatic heterocycles. The lowest BCUT2D eigenvalue weighted by Crippen LogP contribution is -2.50. The van der Waals surface area contributed by atoms with E-state index in [4.69, 9.17) is 4.74 Å². The van der Waals surface area contributed by atoms with Crippen LogP contribution in [0.4, 0.5) is 5.13 Å². The minimum Gasteiger partial charge on any atom is -0.497 e. The number of carbonyl (C=O) groups excluding carboxylic acids is 2. The maximum atomic E-state index is 13.1. The predicted molar refractivity (Wildman–Crippen MR) is 123 cm³/mol. The Morgan fingerprint density at radius 2 is 1.94 bits per heavy atom. The number of rotatable bonds is 5. The van der Waals surface area contributed by atoms with E-state index in [-0.39, 0.29) is 17.7 Å². The van der Waals surface area contributed by atoms with Crippen LogP contribution in [0.5, 0.6) is 5.75 Å². The smallest absolute Gasteiger partial charge is 0.228 e. The molecule has 5 rings (SSSR count). The van der Waals surface area contributed by atoms with Crippen molar-refractivity contribution in [2.24, 2.45) is 5.92 Å². The van der Waals surface area contributed by atoms with E-state index >= 15 is 0 Å². The molecule has 2 aliphatic rings. The second-order valence-electron chi connectivity index (χ2n) is 8.16. The summed E-state index contributed by atoms with van der Waals surface area (Å²) in [7, 11) is 1.63. The molecule has 1 atom stereocenters. The maximum absolute atomic E-state index is 13.1. The van der Waals surface area contributed by atoms with E-state index in [1.165, 1.54) is 0 Å². The van der Waals surface area contributed by atoms with Crippen molar-refractivity contribution in [2.75, 3.05) is 44.7 Å². The van der Waals surface area contributed by atoms with Gasteiger partial charge in [0.05, 0.1) is 13.0 Å².